The van der Waals surface area contributed by atoms with Gasteiger partial charge in [-0.3, -0.25) is 9.48 Å². The Morgan fingerprint density at radius 1 is 1.36 bits per heavy atom. The van der Waals surface area contributed by atoms with E-state index < -0.39 is 10.0 Å². The predicted molar refractivity (Wildman–Crippen MR) is 94.1 cm³/mol. The minimum atomic E-state index is -3.19. The highest BCUT2D eigenvalue weighted by Gasteiger charge is 2.29. The van der Waals surface area contributed by atoms with Crippen molar-refractivity contribution in [1.82, 2.24) is 24.3 Å². The standard InChI is InChI=1S/C16H27N5O3S/c1-12(2)19-5-4-13(10-19)16(22)17-9-14-8-15-11-20(25(3,23)24)6-7-21(15)18-14/h8,12-13H,4-7,9-11H2,1-3H3,(H,17,22). The summed E-state index contributed by atoms with van der Waals surface area (Å²) in [5.74, 6) is 0.118. The molecule has 3 rings (SSSR count). The maximum atomic E-state index is 12.4. The first-order valence-electron chi connectivity index (χ1n) is 8.76. The van der Waals surface area contributed by atoms with Crippen molar-refractivity contribution in [2.45, 2.75) is 45.9 Å². The van der Waals surface area contributed by atoms with Gasteiger partial charge in [-0.05, 0) is 32.9 Å². The molecule has 0 bridgehead atoms. The van der Waals surface area contributed by atoms with E-state index in [1.54, 1.807) is 0 Å². The molecule has 1 aromatic rings. The van der Waals surface area contributed by atoms with Gasteiger partial charge in [0.2, 0.25) is 15.9 Å². The number of hydrogen-bond acceptors (Lipinski definition) is 5. The van der Waals surface area contributed by atoms with Crippen LogP contribution in [0.4, 0.5) is 0 Å². The molecule has 1 saturated heterocycles. The Kier molecular flexibility index (Phi) is 5.17. The minimum Gasteiger partial charge on any atom is -0.350 e. The van der Waals surface area contributed by atoms with Crippen molar-refractivity contribution in [2.24, 2.45) is 5.92 Å². The summed E-state index contributed by atoms with van der Waals surface area (Å²) in [7, 11) is -3.19. The number of carbonyl (C=O) groups excluding carboxylic acids is 1. The number of sulfonamides is 1. The Morgan fingerprint density at radius 2 is 2.12 bits per heavy atom. The fourth-order valence-corrected chi connectivity index (χ4v) is 4.24. The molecular formula is C16H27N5O3S. The lowest BCUT2D eigenvalue weighted by Crippen LogP contribution is -2.37. The van der Waals surface area contributed by atoms with E-state index >= 15 is 0 Å². The van der Waals surface area contributed by atoms with Gasteiger partial charge in [0, 0.05) is 19.1 Å². The summed E-state index contributed by atoms with van der Waals surface area (Å²) in [5, 5.41) is 7.46. The number of nitrogens with zero attached hydrogens (tertiary/aromatic N) is 4. The molecule has 1 unspecified atom stereocenters. The second-order valence-electron chi connectivity index (χ2n) is 7.24. The Labute approximate surface area is 149 Å². The molecule has 9 heteroatoms. The number of carbonyl (C=O) groups is 1. The van der Waals surface area contributed by atoms with Crippen molar-refractivity contribution in [2.75, 3.05) is 25.9 Å². The van der Waals surface area contributed by atoms with E-state index in [9.17, 15) is 13.2 Å². The van der Waals surface area contributed by atoms with Crippen molar-refractivity contribution in [3.05, 3.63) is 17.5 Å². The van der Waals surface area contributed by atoms with Gasteiger partial charge in [0.05, 0.1) is 43.2 Å². The van der Waals surface area contributed by atoms with Crippen molar-refractivity contribution < 1.29 is 13.2 Å². The van der Waals surface area contributed by atoms with E-state index in [0.29, 0.717) is 32.2 Å². The van der Waals surface area contributed by atoms with Crippen LogP contribution in [0.5, 0.6) is 0 Å². The number of amides is 1. The summed E-state index contributed by atoms with van der Waals surface area (Å²) in [6, 6.07) is 2.35. The minimum absolute atomic E-state index is 0.0420. The highest BCUT2D eigenvalue weighted by molar-refractivity contribution is 7.88. The Morgan fingerprint density at radius 3 is 2.76 bits per heavy atom. The summed E-state index contributed by atoms with van der Waals surface area (Å²) < 4.78 is 26.6. The smallest absolute Gasteiger partial charge is 0.224 e. The molecule has 140 valence electrons. The molecule has 0 saturated carbocycles. The van der Waals surface area contributed by atoms with Crippen LogP contribution >= 0.6 is 0 Å². The van der Waals surface area contributed by atoms with Gasteiger partial charge < -0.3 is 10.2 Å². The molecule has 0 radical (unpaired) electrons. The maximum Gasteiger partial charge on any atom is 0.224 e. The molecule has 0 spiro atoms. The number of aromatic nitrogens is 2. The van der Waals surface area contributed by atoms with Crippen LogP contribution in [0.25, 0.3) is 0 Å². The van der Waals surface area contributed by atoms with Crippen LogP contribution in [-0.4, -0.2) is 65.2 Å². The average molecular weight is 369 g/mol. The predicted octanol–water partition coefficient (Wildman–Crippen LogP) is 0.00480. The molecule has 25 heavy (non-hydrogen) atoms. The number of fused-ring (bicyclic) bond motifs is 1. The van der Waals surface area contributed by atoms with Crippen LogP contribution in [0, 0.1) is 5.92 Å². The molecule has 2 aliphatic rings. The van der Waals surface area contributed by atoms with Crippen LogP contribution in [-0.2, 0) is 34.5 Å². The molecule has 1 fully saturated rings. The van der Waals surface area contributed by atoms with E-state index in [1.165, 1.54) is 10.6 Å². The fraction of sp³-hybridized carbons (Fsp3) is 0.750. The first-order chi connectivity index (χ1) is 11.7. The van der Waals surface area contributed by atoms with Gasteiger partial charge in [-0.25, -0.2) is 8.42 Å². The van der Waals surface area contributed by atoms with Crippen molar-refractivity contribution >= 4 is 15.9 Å². The van der Waals surface area contributed by atoms with Gasteiger partial charge in [-0.1, -0.05) is 0 Å². The van der Waals surface area contributed by atoms with E-state index in [2.05, 4.69) is 29.2 Å². The summed E-state index contributed by atoms with van der Waals surface area (Å²) in [5.41, 5.74) is 1.64. The fourth-order valence-electron chi connectivity index (χ4n) is 3.46. The van der Waals surface area contributed by atoms with E-state index in [-0.39, 0.29) is 11.8 Å². The third-order valence-corrected chi connectivity index (χ3v) is 6.30. The van der Waals surface area contributed by atoms with E-state index in [1.807, 2.05) is 10.7 Å². The highest BCUT2D eigenvalue weighted by atomic mass is 32.2. The van der Waals surface area contributed by atoms with E-state index in [0.717, 1.165) is 30.9 Å². The van der Waals surface area contributed by atoms with Crippen LogP contribution < -0.4 is 5.32 Å². The molecule has 0 aliphatic carbocycles. The second-order valence-corrected chi connectivity index (χ2v) is 9.22. The maximum absolute atomic E-state index is 12.4. The lowest BCUT2D eigenvalue weighted by molar-refractivity contribution is -0.124. The molecule has 1 N–H and O–H groups in total. The Hall–Kier alpha value is -1.45. The van der Waals surface area contributed by atoms with E-state index in [4.69, 9.17) is 0 Å². The molecule has 1 amide bonds. The first-order valence-corrected chi connectivity index (χ1v) is 10.6. The second kappa shape index (κ2) is 7.05. The van der Waals surface area contributed by atoms with Crippen molar-refractivity contribution in [3.8, 4) is 0 Å². The first kappa shape index (κ1) is 18.3. The van der Waals surface area contributed by atoms with Crippen LogP contribution in [0.2, 0.25) is 0 Å². The topological polar surface area (TPSA) is 87.5 Å². The van der Waals surface area contributed by atoms with Gasteiger partial charge in [0.25, 0.3) is 0 Å². The third-order valence-electron chi connectivity index (χ3n) is 5.05. The molecule has 1 aromatic heterocycles. The van der Waals surface area contributed by atoms with Gasteiger partial charge in [-0.15, -0.1) is 0 Å². The Balaban J connectivity index is 1.55. The lowest BCUT2D eigenvalue weighted by Gasteiger charge is -2.25. The summed E-state index contributed by atoms with van der Waals surface area (Å²) >= 11 is 0. The largest absolute Gasteiger partial charge is 0.350 e. The lowest BCUT2D eigenvalue weighted by atomic mass is 10.1. The highest BCUT2D eigenvalue weighted by Crippen LogP contribution is 2.19. The van der Waals surface area contributed by atoms with Gasteiger partial charge in [0.1, 0.15) is 0 Å². The van der Waals surface area contributed by atoms with Crippen LogP contribution in [0.15, 0.2) is 6.07 Å². The van der Waals surface area contributed by atoms with Crippen molar-refractivity contribution in [3.63, 3.8) is 0 Å². The number of rotatable bonds is 5. The normalized spacial score (nSPS) is 22.3. The zero-order chi connectivity index (χ0) is 18.2. The number of likely N-dealkylation sites (tertiary alicyclic amines) is 1. The summed E-state index contributed by atoms with van der Waals surface area (Å²) in [6.45, 7) is 7.78. The van der Waals surface area contributed by atoms with Gasteiger partial charge in [0.15, 0.2) is 0 Å². The SMILES string of the molecule is CC(C)N1CCC(C(=O)NCc2cc3n(n2)CCN(S(C)(=O)=O)C3)C1. The summed E-state index contributed by atoms with van der Waals surface area (Å²) in [4.78, 5) is 14.7. The number of hydrogen-bond donors (Lipinski definition) is 1. The molecule has 3 heterocycles. The molecule has 2 aliphatic heterocycles. The third kappa shape index (κ3) is 4.21. The van der Waals surface area contributed by atoms with Crippen LogP contribution in [0.3, 0.4) is 0 Å². The molecule has 0 aromatic carbocycles. The van der Waals surface area contributed by atoms with Crippen molar-refractivity contribution in [1.29, 1.82) is 0 Å². The van der Waals surface area contributed by atoms with Crippen LogP contribution in [0.1, 0.15) is 31.7 Å². The molecule has 1 atom stereocenters. The Bertz CT molecular complexity index is 743. The van der Waals surface area contributed by atoms with Gasteiger partial charge in [-0.2, -0.15) is 9.40 Å². The monoisotopic (exact) mass is 369 g/mol. The number of nitrogens with one attached hydrogen (secondary N) is 1. The zero-order valence-corrected chi connectivity index (χ0v) is 15.9. The molecule has 8 nitrogen and oxygen atoms in total. The quantitative estimate of drug-likeness (QED) is 0.790. The molecular weight excluding hydrogens is 342 g/mol. The average Bonchev–Trinajstić information content (AvgIpc) is 3.17. The van der Waals surface area contributed by atoms with Gasteiger partial charge >= 0.3 is 0 Å². The zero-order valence-electron chi connectivity index (χ0n) is 15.1. The summed E-state index contributed by atoms with van der Waals surface area (Å²) in [6.07, 6.45) is 2.12.